The van der Waals surface area contributed by atoms with E-state index in [1.165, 1.54) is 5.56 Å². The van der Waals surface area contributed by atoms with Crippen LogP contribution in [-0.2, 0) is 27.3 Å². The molecule has 0 aliphatic carbocycles. The van der Waals surface area contributed by atoms with Crippen LogP contribution in [0, 0.1) is 0 Å². The molecule has 0 unspecified atom stereocenters. The highest BCUT2D eigenvalue weighted by Gasteiger charge is 2.07. The van der Waals surface area contributed by atoms with Crippen molar-refractivity contribution >= 4 is 28.6 Å². The van der Waals surface area contributed by atoms with Crippen molar-refractivity contribution < 1.29 is 19.4 Å². The zero-order valence-corrected chi connectivity index (χ0v) is 14.1. The third-order valence-electron chi connectivity index (χ3n) is 3.84. The standard InChI is InChI=1S/C19H19N3O4/c23-18(11-26-12-19(24)25)21-15-6-7-17-16(10-15)20-13-22(17)9-8-14-4-2-1-3-5-14/h1-7,10,13H,8-9,11-12H2,(H,21,23)(H,24,25)/p-1. The van der Waals surface area contributed by atoms with Crippen LogP contribution in [0.2, 0.25) is 0 Å². The Hall–Kier alpha value is -3.19. The Labute approximate surface area is 150 Å². The number of rotatable bonds is 8. The summed E-state index contributed by atoms with van der Waals surface area (Å²) in [6, 6.07) is 15.7. The van der Waals surface area contributed by atoms with Crippen molar-refractivity contribution in [2.45, 2.75) is 13.0 Å². The molecule has 1 aromatic heterocycles. The van der Waals surface area contributed by atoms with E-state index < -0.39 is 18.5 Å². The van der Waals surface area contributed by atoms with Crippen molar-refractivity contribution in [2.24, 2.45) is 0 Å². The number of ether oxygens (including phenoxy) is 1. The zero-order chi connectivity index (χ0) is 18.4. The Bertz CT molecular complexity index is 906. The van der Waals surface area contributed by atoms with Gasteiger partial charge in [0.05, 0.1) is 29.9 Å². The van der Waals surface area contributed by atoms with Crippen molar-refractivity contribution in [3.63, 3.8) is 0 Å². The predicted octanol–water partition coefficient (Wildman–Crippen LogP) is 0.984. The molecule has 0 atom stereocenters. The number of imidazole rings is 1. The maximum Gasteiger partial charge on any atom is 0.250 e. The number of carboxylic acid groups (broad SMARTS) is 1. The second kappa shape index (κ2) is 8.26. The smallest absolute Gasteiger partial charge is 0.250 e. The molecule has 1 amide bonds. The number of aryl methyl sites for hydroxylation is 2. The molecule has 1 heterocycles. The van der Waals surface area contributed by atoms with E-state index in [4.69, 9.17) is 4.74 Å². The van der Waals surface area contributed by atoms with Gasteiger partial charge >= 0.3 is 0 Å². The molecule has 26 heavy (non-hydrogen) atoms. The maximum absolute atomic E-state index is 11.7. The second-order valence-electron chi connectivity index (χ2n) is 5.79. The Morgan fingerprint density at radius 2 is 1.92 bits per heavy atom. The normalized spacial score (nSPS) is 10.8. The fourth-order valence-electron chi connectivity index (χ4n) is 2.64. The lowest BCUT2D eigenvalue weighted by Gasteiger charge is -2.08. The lowest BCUT2D eigenvalue weighted by Crippen LogP contribution is -2.29. The van der Waals surface area contributed by atoms with Gasteiger partial charge in [-0.15, -0.1) is 0 Å². The summed E-state index contributed by atoms with van der Waals surface area (Å²) >= 11 is 0. The minimum Gasteiger partial charge on any atom is -0.548 e. The number of hydrogen-bond donors (Lipinski definition) is 1. The number of nitrogens with zero attached hydrogens (tertiary/aromatic N) is 2. The van der Waals surface area contributed by atoms with Gasteiger partial charge in [0, 0.05) is 12.2 Å². The average Bonchev–Trinajstić information content (AvgIpc) is 3.03. The van der Waals surface area contributed by atoms with Crippen molar-refractivity contribution in [3.05, 3.63) is 60.4 Å². The molecular formula is C19H18N3O4-. The van der Waals surface area contributed by atoms with E-state index in [0.29, 0.717) is 5.69 Å². The SMILES string of the molecule is O=C([O-])COCC(=O)Nc1ccc2c(c1)ncn2CCc1ccccc1. The topological polar surface area (TPSA) is 96.3 Å². The molecule has 0 radical (unpaired) electrons. The first-order valence-corrected chi connectivity index (χ1v) is 8.18. The summed E-state index contributed by atoms with van der Waals surface area (Å²) in [5.41, 5.74) is 3.58. The Kier molecular flexibility index (Phi) is 5.60. The molecule has 0 saturated carbocycles. The summed E-state index contributed by atoms with van der Waals surface area (Å²) in [6.45, 7) is -0.154. The first-order chi connectivity index (χ1) is 12.6. The number of hydrogen-bond acceptors (Lipinski definition) is 5. The number of carboxylic acids is 1. The summed E-state index contributed by atoms with van der Waals surface area (Å²) in [7, 11) is 0. The lowest BCUT2D eigenvalue weighted by molar-refractivity contribution is -0.309. The summed E-state index contributed by atoms with van der Waals surface area (Å²) in [4.78, 5) is 26.4. The largest absolute Gasteiger partial charge is 0.548 e. The summed E-state index contributed by atoms with van der Waals surface area (Å²) in [5.74, 6) is -1.80. The average molecular weight is 352 g/mol. The van der Waals surface area contributed by atoms with Crippen LogP contribution >= 0.6 is 0 Å². The summed E-state index contributed by atoms with van der Waals surface area (Å²) in [6.07, 6.45) is 2.68. The Balaban J connectivity index is 1.61. The van der Waals surface area contributed by atoms with Crippen LogP contribution in [0.1, 0.15) is 5.56 Å². The molecule has 3 aromatic rings. The number of benzene rings is 2. The number of amides is 1. The molecule has 0 fully saturated rings. The van der Waals surface area contributed by atoms with E-state index in [1.54, 1.807) is 18.5 Å². The van der Waals surface area contributed by atoms with Gasteiger partial charge in [0.2, 0.25) is 5.91 Å². The Morgan fingerprint density at radius 1 is 1.12 bits per heavy atom. The molecule has 7 nitrogen and oxygen atoms in total. The molecule has 7 heteroatoms. The van der Waals surface area contributed by atoms with Crippen LogP contribution in [-0.4, -0.2) is 34.6 Å². The molecule has 1 N–H and O–H groups in total. The third-order valence-corrected chi connectivity index (χ3v) is 3.84. The number of anilines is 1. The van der Waals surface area contributed by atoms with E-state index >= 15 is 0 Å². The van der Waals surface area contributed by atoms with E-state index in [1.807, 2.05) is 24.3 Å². The molecule has 3 rings (SSSR count). The van der Waals surface area contributed by atoms with Gasteiger partial charge in [0.15, 0.2) is 0 Å². The van der Waals surface area contributed by atoms with Gasteiger partial charge in [0.1, 0.15) is 6.61 Å². The maximum atomic E-state index is 11.7. The molecule has 0 saturated heterocycles. The van der Waals surface area contributed by atoms with Gasteiger partial charge < -0.3 is 24.5 Å². The van der Waals surface area contributed by atoms with Crippen molar-refractivity contribution in [2.75, 3.05) is 18.5 Å². The van der Waals surface area contributed by atoms with Gasteiger partial charge in [-0.3, -0.25) is 4.79 Å². The molecule has 134 valence electrons. The number of carbonyl (C=O) groups is 2. The highest BCUT2D eigenvalue weighted by molar-refractivity contribution is 5.93. The predicted molar refractivity (Wildman–Crippen MR) is 94.3 cm³/mol. The zero-order valence-electron chi connectivity index (χ0n) is 14.1. The highest BCUT2D eigenvalue weighted by Crippen LogP contribution is 2.18. The molecule has 0 aliphatic heterocycles. The van der Waals surface area contributed by atoms with E-state index in [-0.39, 0.29) is 6.61 Å². The van der Waals surface area contributed by atoms with Crippen molar-refractivity contribution in [3.8, 4) is 0 Å². The molecular weight excluding hydrogens is 334 g/mol. The number of aromatic nitrogens is 2. The first-order valence-electron chi connectivity index (χ1n) is 8.18. The van der Waals surface area contributed by atoms with Crippen LogP contribution < -0.4 is 10.4 Å². The van der Waals surface area contributed by atoms with Crippen LogP contribution in [0.15, 0.2) is 54.9 Å². The van der Waals surface area contributed by atoms with Crippen LogP contribution in [0.4, 0.5) is 5.69 Å². The lowest BCUT2D eigenvalue weighted by atomic mass is 10.1. The highest BCUT2D eigenvalue weighted by atomic mass is 16.5. The van der Waals surface area contributed by atoms with E-state index in [0.717, 1.165) is 24.0 Å². The van der Waals surface area contributed by atoms with Gasteiger partial charge in [-0.25, -0.2) is 4.98 Å². The van der Waals surface area contributed by atoms with E-state index in [2.05, 4.69) is 27.0 Å². The molecule has 0 spiro atoms. The fourth-order valence-corrected chi connectivity index (χ4v) is 2.64. The van der Waals surface area contributed by atoms with Crippen LogP contribution in [0.5, 0.6) is 0 Å². The first kappa shape index (κ1) is 17.6. The summed E-state index contributed by atoms with van der Waals surface area (Å²) < 4.78 is 6.77. The molecule has 2 aromatic carbocycles. The van der Waals surface area contributed by atoms with Gasteiger partial charge in [-0.05, 0) is 30.2 Å². The van der Waals surface area contributed by atoms with Gasteiger partial charge in [0.25, 0.3) is 0 Å². The van der Waals surface area contributed by atoms with Crippen molar-refractivity contribution in [1.29, 1.82) is 0 Å². The van der Waals surface area contributed by atoms with Crippen LogP contribution in [0.25, 0.3) is 11.0 Å². The molecule has 0 aliphatic rings. The number of aliphatic carboxylic acids is 1. The second-order valence-corrected chi connectivity index (χ2v) is 5.79. The van der Waals surface area contributed by atoms with Gasteiger partial charge in [-0.2, -0.15) is 0 Å². The van der Waals surface area contributed by atoms with Gasteiger partial charge in [-0.1, -0.05) is 30.3 Å². The number of fused-ring (bicyclic) bond motifs is 1. The quantitative estimate of drug-likeness (QED) is 0.652. The monoisotopic (exact) mass is 352 g/mol. The van der Waals surface area contributed by atoms with Crippen LogP contribution in [0.3, 0.4) is 0 Å². The molecule has 0 bridgehead atoms. The van der Waals surface area contributed by atoms with Crippen molar-refractivity contribution in [1.82, 2.24) is 9.55 Å². The third kappa shape index (κ3) is 4.67. The fraction of sp³-hybridized carbons (Fsp3) is 0.211. The number of carbonyl (C=O) groups excluding carboxylic acids is 2. The summed E-state index contributed by atoms with van der Waals surface area (Å²) in [5, 5.41) is 12.9. The number of nitrogens with one attached hydrogen (secondary N) is 1. The Morgan fingerprint density at radius 3 is 2.69 bits per heavy atom. The van der Waals surface area contributed by atoms with E-state index in [9.17, 15) is 14.7 Å². The minimum atomic E-state index is -1.36. The minimum absolute atomic E-state index is 0.350.